The van der Waals surface area contributed by atoms with Crippen molar-refractivity contribution in [1.29, 1.82) is 0 Å². The molecular weight excluding hydrogens is 377 g/mol. The quantitative estimate of drug-likeness (QED) is 0.407. The molecule has 0 spiro atoms. The molecule has 2 aromatic carbocycles. The number of anilines is 1. The summed E-state index contributed by atoms with van der Waals surface area (Å²) in [6.45, 7) is 2.08. The summed E-state index contributed by atoms with van der Waals surface area (Å²) in [5.74, 6) is 1.52. The number of hydrazine groups is 1. The van der Waals surface area contributed by atoms with E-state index >= 15 is 0 Å². The third-order valence-corrected chi connectivity index (χ3v) is 3.81. The molecule has 3 aromatic rings. The van der Waals surface area contributed by atoms with Crippen molar-refractivity contribution in [2.24, 2.45) is 0 Å². The summed E-state index contributed by atoms with van der Waals surface area (Å²) in [5, 5.41) is 8.10. The minimum absolute atomic E-state index is 0.686. The van der Waals surface area contributed by atoms with Gasteiger partial charge in [-0.2, -0.15) is 0 Å². The molecule has 0 fully saturated rings. The Morgan fingerprint density at radius 2 is 1.79 bits per heavy atom. The predicted molar refractivity (Wildman–Crippen MR) is 98.0 cm³/mol. The van der Waals surface area contributed by atoms with E-state index in [1.165, 1.54) is 5.56 Å². The van der Waals surface area contributed by atoms with E-state index in [9.17, 15) is 17.3 Å². The van der Waals surface area contributed by atoms with Crippen LogP contribution in [0.1, 0.15) is 11.1 Å². The number of halogens is 4. The minimum Gasteiger partial charge on any atom is -0.497 e. The predicted octanol–water partition coefficient (Wildman–Crippen LogP) is 3.99. The third-order valence-electron chi connectivity index (χ3n) is 3.81. The van der Waals surface area contributed by atoms with Crippen LogP contribution >= 0.6 is 0 Å². The summed E-state index contributed by atoms with van der Waals surface area (Å²) in [5.41, 5.74) is 7.61. The van der Waals surface area contributed by atoms with E-state index in [-0.39, 0.29) is 0 Å². The molecule has 0 atom stereocenters. The van der Waals surface area contributed by atoms with Gasteiger partial charge in [0.15, 0.2) is 0 Å². The summed E-state index contributed by atoms with van der Waals surface area (Å²) in [7, 11) is -4.34. The Labute approximate surface area is 158 Å². The summed E-state index contributed by atoms with van der Waals surface area (Å²) in [6.07, 6.45) is 3.73. The molecule has 2 heterocycles. The van der Waals surface area contributed by atoms with Crippen molar-refractivity contribution in [2.75, 3.05) is 12.5 Å². The lowest BCUT2D eigenvalue weighted by Gasteiger charge is -2.16. The number of nitrogens with one attached hydrogen (secondary N) is 1. The Hall–Kier alpha value is -3.37. The number of aromatic nitrogens is 3. The minimum atomic E-state index is -6.00. The second kappa shape index (κ2) is 7.71. The van der Waals surface area contributed by atoms with Gasteiger partial charge in [0, 0.05) is 11.6 Å². The van der Waals surface area contributed by atoms with Crippen LogP contribution in [0.5, 0.6) is 5.75 Å². The molecule has 28 heavy (non-hydrogen) atoms. The van der Waals surface area contributed by atoms with E-state index in [2.05, 4.69) is 40.7 Å². The zero-order chi connectivity index (χ0) is 20.3. The van der Waals surface area contributed by atoms with Crippen LogP contribution in [0, 0.1) is 6.92 Å². The molecular formula is C17H16BF4N5O. The Kier molecular flexibility index (Phi) is 5.34. The Morgan fingerprint density at radius 3 is 2.43 bits per heavy atom. The number of aryl methyl sites for hydroxylation is 1. The van der Waals surface area contributed by atoms with Gasteiger partial charge in [-0.05, 0) is 42.8 Å². The lowest BCUT2D eigenvalue weighted by molar-refractivity contribution is -0.402. The molecule has 1 aliphatic heterocycles. The number of hydrazone groups is 1. The second-order valence-electron chi connectivity index (χ2n) is 5.90. The van der Waals surface area contributed by atoms with Crippen LogP contribution < -0.4 is 10.2 Å². The molecule has 11 heteroatoms. The topological polar surface area (TPSA) is 55.0 Å². The third kappa shape index (κ3) is 4.67. The van der Waals surface area contributed by atoms with Gasteiger partial charge in [-0.15, -0.1) is 15.6 Å². The Morgan fingerprint density at radius 1 is 1.11 bits per heavy atom. The molecule has 1 N–H and O–H groups in total. The zero-order valence-electron chi connectivity index (χ0n) is 15.0. The van der Waals surface area contributed by atoms with Gasteiger partial charge < -0.3 is 22.0 Å². The second-order valence-corrected chi connectivity index (χ2v) is 5.90. The molecule has 1 aromatic heterocycles. The highest BCUT2D eigenvalue weighted by Gasteiger charge is 2.27. The van der Waals surface area contributed by atoms with E-state index < -0.39 is 7.25 Å². The van der Waals surface area contributed by atoms with Crippen LogP contribution in [0.4, 0.5) is 28.9 Å². The molecule has 6 nitrogen and oxygen atoms in total. The van der Waals surface area contributed by atoms with E-state index in [0.717, 1.165) is 22.7 Å². The summed E-state index contributed by atoms with van der Waals surface area (Å²) < 4.78 is 48.1. The largest absolute Gasteiger partial charge is 0.673 e. The number of ether oxygens (including phenoxy) is 1. The SMILES string of the molecule is COc1ccc(/C=[N+]2\Nc3nncn3-c3ccc(C)cc32)cc1.F[B-](F)(F)F. The van der Waals surface area contributed by atoms with Crippen molar-refractivity contribution in [2.45, 2.75) is 6.92 Å². The lowest BCUT2D eigenvalue weighted by Crippen LogP contribution is -2.24. The van der Waals surface area contributed by atoms with Crippen molar-refractivity contribution in [1.82, 2.24) is 14.8 Å². The average Bonchev–Trinajstić information content (AvgIpc) is 3.09. The first-order chi connectivity index (χ1) is 13.2. The Balaban J connectivity index is 0.000000403. The monoisotopic (exact) mass is 393 g/mol. The van der Waals surface area contributed by atoms with Gasteiger partial charge in [0.1, 0.15) is 17.8 Å². The normalized spacial score (nSPS) is 13.7. The number of fused-ring (bicyclic) bond motifs is 3. The smallest absolute Gasteiger partial charge is 0.497 e. The highest BCUT2D eigenvalue weighted by Crippen LogP contribution is 2.30. The summed E-state index contributed by atoms with van der Waals surface area (Å²) >= 11 is 0. The zero-order valence-corrected chi connectivity index (χ0v) is 15.0. The summed E-state index contributed by atoms with van der Waals surface area (Å²) in [4.78, 5) is 0. The average molecular weight is 393 g/mol. The van der Waals surface area contributed by atoms with Crippen LogP contribution in [0.25, 0.3) is 5.69 Å². The number of hydrogen-bond acceptors (Lipinski definition) is 4. The maximum absolute atomic E-state index is 9.75. The number of hydrogen-bond donors (Lipinski definition) is 1. The van der Waals surface area contributed by atoms with Crippen LogP contribution in [0.3, 0.4) is 0 Å². The van der Waals surface area contributed by atoms with Gasteiger partial charge >= 0.3 is 7.25 Å². The van der Waals surface area contributed by atoms with Crippen molar-refractivity contribution in [3.63, 3.8) is 0 Å². The molecule has 4 rings (SSSR count). The van der Waals surface area contributed by atoms with Gasteiger partial charge in [0.05, 0.1) is 7.11 Å². The summed E-state index contributed by atoms with van der Waals surface area (Å²) in [6, 6.07) is 14.2. The maximum atomic E-state index is 9.75. The fourth-order valence-corrected chi connectivity index (χ4v) is 2.63. The van der Waals surface area contributed by atoms with Gasteiger partial charge in [-0.25, -0.2) is 0 Å². The fraction of sp³-hybridized carbons (Fsp3) is 0.118. The molecule has 0 saturated carbocycles. The first-order valence-electron chi connectivity index (χ1n) is 8.18. The van der Waals surface area contributed by atoms with Crippen molar-refractivity contribution in [3.8, 4) is 11.4 Å². The number of methoxy groups -OCH3 is 1. The van der Waals surface area contributed by atoms with Crippen LogP contribution in [0.15, 0.2) is 48.8 Å². The van der Waals surface area contributed by atoms with Gasteiger partial charge in [0.25, 0.3) is 11.6 Å². The Bertz CT molecular complexity index is 996. The first kappa shape index (κ1) is 19.4. The van der Waals surface area contributed by atoms with Crippen LogP contribution in [-0.4, -0.2) is 40.0 Å². The molecule has 146 valence electrons. The molecule has 0 saturated heterocycles. The molecule has 1 aliphatic rings. The van der Waals surface area contributed by atoms with Crippen molar-refractivity contribution in [3.05, 3.63) is 59.9 Å². The number of benzene rings is 2. The first-order valence-corrected chi connectivity index (χ1v) is 8.18. The highest BCUT2D eigenvalue weighted by molar-refractivity contribution is 6.50. The highest BCUT2D eigenvalue weighted by atomic mass is 19.5. The molecule has 0 radical (unpaired) electrons. The lowest BCUT2D eigenvalue weighted by atomic mass is 10.1. The van der Waals surface area contributed by atoms with E-state index in [4.69, 9.17) is 4.74 Å². The van der Waals surface area contributed by atoms with Crippen LogP contribution in [-0.2, 0) is 0 Å². The molecule has 0 aliphatic carbocycles. The molecule has 0 amide bonds. The fourth-order valence-electron chi connectivity index (χ4n) is 2.63. The van der Waals surface area contributed by atoms with E-state index in [1.807, 2.05) is 39.7 Å². The molecule has 0 unspecified atom stereocenters. The van der Waals surface area contributed by atoms with Gasteiger partial charge in [-0.3, -0.25) is 4.57 Å². The van der Waals surface area contributed by atoms with Crippen molar-refractivity contribution >= 4 is 25.1 Å². The van der Waals surface area contributed by atoms with Crippen LogP contribution in [0.2, 0.25) is 0 Å². The maximum Gasteiger partial charge on any atom is 0.673 e. The number of nitrogens with zero attached hydrogens (tertiary/aromatic N) is 4. The van der Waals surface area contributed by atoms with Crippen molar-refractivity contribution < 1.29 is 26.7 Å². The van der Waals surface area contributed by atoms with Gasteiger partial charge in [-0.1, -0.05) is 10.8 Å². The number of rotatable bonds is 2. The van der Waals surface area contributed by atoms with E-state index in [1.54, 1.807) is 13.4 Å². The molecule has 0 bridgehead atoms. The standard InChI is InChI=1S/C17H16N5O.BF4/c1-12-3-8-15-16(9-12)22(20-17-19-18-11-21(15)17)10-13-4-6-14(23-2)7-5-13;2-1(3,4)5/h3-11H,1-2H3,(H,19,20);/q+1;-1/b22-10-;. The van der Waals surface area contributed by atoms with Gasteiger partial charge in [0.2, 0.25) is 6.21 Å². The van der Waals surface area contributed by atoms with E-state index in [0.29, 0.717) is 5.95 Å².